The van der Waals surface area contributed by atoms with E-state index in [2.05, 4.69) is 17.1 Å². The summed E-state index contributed by atoms with van der Waals surface area (Å²) in [5.41, 5.74) is -0.782. The minimum absolute atomic E-state index is 0.151. The summed E-state index contributed by atoms with van der Waals surface area (Å²) in [6.07, 6.45) is 2.42. The molecule has 6 heteroatoms. The first kappa shape index (κ1) is 15.6. The molecule has 0 radical (unpaired) electrons. The molecule has 0 unspecified atom stereocenters. The lowest BCUT2D eigenvalue weighted by Crippen LogP contribution is -2.40. The Labute approximate surface area is 125 Å². The van der Waals surface area contributed by atoms with Gasteiger partial charge in [0.25, 0.3) is 5.91 Å². The predicted octanol–water partition coefficient (Wildman–Crippen LogP) is 1.82. The molecule has 6 nitrogen and oxygen atoms in total. The molecule has 0 aromatic carbocycles. The SMILES string of the molecule is CCN(CCCN1C(=O)NC(C)(C)C1=O)Cc1ccco1. The van der Waals surface area contributed by atoms with Crippen LogP contribution in [-0.4, -0.2) is 46.9 Å². The van der Waals surface area contributed by atoms with Crippen LogP contribution in [0.1, 0.15) is 33.0 Å². The minimum atomic E-state index is -0.782. The zero-order valence-electron chi connectivity index (χ0n) is 12.9. The van der Waals surface area contributed by atoms with Gasteiger partial charge in [0.15, 0.2) is 0 Å². The molecule has 1 fully saturated rings. The van der Waals surface area contributed by atoms with E-state index in [4.69, 9.17) is 4.42 Å². The zero-order valence-corrected chi connectivity index (χ0v) is 12.9. The largest absolute Gasteiger partial charge is 0.468 e. The summed E-state index contributed by atoms with van der Waals surface area (Å²) in [5.74, 6) is 0.773. The molecule has 0 bridgehead atoms. The van der Waals surface area contributed by atoms with Gasteiger partial charge in [0.2, 0.25) is 0 Å². The van der Waals surface area contributed by atoms with E-state index in [0.29, 0.717) is 6.54 Å². The van der Waals surface area contributed by atoms with Gasteiger partial charge in [-0.3, -0.25) is 14.6 Å². The Bertz CT molecular complexity index is 496. The maximum Gasteiger partial charge on any atom is 0.325 e. The number of rotatable bonds is 7. The average molecular weight is 293 g/mol. The number of nitrogens with zero attached hydrogens (tertiary/aromatic N) is 2. The topological polar surface area (TPSA) is 65.8 Å². The second kappa shape index (κ2) is 6.30. The molecule has 1 aliphatic rings. The Morgan fingerprint density at radius 1 is 1.38 bits per heavy atom. The highest BCUT2D eigenvalue weighted by atomic mass is 16.3. The second-order valence-corrected chi connectivity index (χ2v) is 5.81. The van der Waals surface area contributed by atoms with Crippen molar-refractivity contribution in [1.82, 2.24) is 15.1 Å². The smallest absolute Gasteiger partial charge is 0.325 e. The van der Waals surface area contributed by atoms with Crippen LogP contribution in [-0.2, 0) is 11.3 Å². The van der Waals surface area contributed by atoms with Crippen molar-refractivity contribution in [2.75, 3.05) is 19.6 Å². The number of furan rings is 1. The molecule has 0 saturated carbocycles. The lowest BCUT2D eigenvalue weighted by Gasteiger charge is -2.21. The minimum Gasteiger partial charge on any atom is -0.468 e. The van der Waals surface area contributed by atoms with Crippen molar-refractivity contribution in [3.8, 4) is 0 Å². The van der Waals surface area contributed by atoms with Crippen LogP contribution in [0.4, 0.5) is 4.79 Å². The molecule has 3 amide bonds. The summed E-state index contributed by atoms with van der Waals surface area (Å²) in [5, 5.41) is 2.69. The molecule has 2 rings (SSSR count). The van der Waals surface area contributed by atoms with Gasteiger partial charge in [0.05, 0.1) is 12.8 Å². The second-order valence-electron chi connectivity index (χ2n) is 5.81. The Morgan fingerprint density at radius 3 is 2.67 bits per heavy atom. The number of hydrogen-bond donors (Lipinski definition) is 1. The van der Waals surface area contributed by atoms with E-state index >= 15 is 0 Å². The highest BCUT2D eigenvalue weighted by Gasteiger charge is 2.43. The van der Waals surface area contributed by atoms with Gasteiger partial charge in [-0.05, 0) is 38.9 Å². The predicted molar refractivity (Wildman–Crippen MR) is 78.6 cm³/mol. The van der Waals surface area contributed by atoms with Gasteiger partial charge in [-0.2, -0.15) is 0 Å². The fraction of sp³-hybridized carbons (Fsp3) is 0.600. The Morgan fingerprint density at radius 2 is 2.14 bits per heavy atom. The number of amides is 3. The molecule has 1 N–H and O–H groups in total. The van der Waals surface area contributed by atoms with Crippen LogP contribution in [0.25, 0.3) is 0 Å². The Kier molecular flexibility index (Phi) is 4.67. The molecule has 1 saturated heterocycles. The van der Waals surface area contributed by atoms with E-state index in [1.807, 2.05) is 12.1 Å². The number of carbonyl (C=O) groups excluding carboxylic acids is 2. The van der Waals surface area contributed by atoms with Crippen LogP contribution in [0.3, 0.4) is 0 Å². The molecule has 21 heavy (non-hydrogen) atoms. The van der Waals surface area contributed by atoms with Gasteiger partial charge in [0, 0.05) is 13.1 Å². The van der Waals surface area contributed by atoms with Crippen LogP contribution < -0.4 is 5.32 Å². The van der Waals surface area contributed by atoms with Crippen LogP contribution in [0, 0.1) is 0 Å². The third kappa shape index (κ3) is 3.64. The fourth-order valence-corrected chi connectivity index (χ4v) is 2.45. The van der Waals surface area contributed by atoms with Crippen molar-refractivity contribution in [1.29, 1.82) is 0 Å². The Balaban J connectivity index is 1.80. The van der Waals surface area contributed by atoms with Crippen LogP contribution in [0.5, 0.6) is 0 Å². The van der Waals surface area contributed by atoms with Gasteiger partial charge in [0.1, 0.15) is 11.3 Å². The maximum atomic E-state index is 12.1. The average Bonchev–Trinajstić information content (AvgIpc) is 2.99. The first-order valence-corrected chi connectivity index (χ1v) is 7.33. The summed E-state index contributed by atoms with van der Waals surface area (Å²) < 4.78 is 5.34. The molecule has 1 aromatic rings. The molecule has 0 aliphatic carbocycles. The van der Waals surface area contributed by atoms with Gasteiger partial charge < -0.3 is 9.73 Å². The first-order valence-electron chi connectivity index (χ1n) is 7.33. The maximum absolute atomic E-state index is 12.1. The van der Waals surface area contributed by atoms with Crippen molar-refractivity contribution in [3.63, 3.8) is 0 Å². The van der Waals surface area contributed by atoms with Gasteiger partial charge in [-0.15, -0.1) is 0 Å². The summed E-state index contributed by atoms with van der Waals surface area (Å²) in [7, 11) is 0. The molecule has 1 aromatic heterocycles. The van der Waals surface area contributed by atoms with E-state index in [0.717, 1.165) is 31.8 Å². The number of imide groups is 1. The molecule has 116 valence electrons. The van der Waals surface area contributed by atoms with Crippen molar-refractivity contribution in [2.24, 2.45) is 0 Å². The highest BCUT2D eigenvalue weighted by molar-refractivity contribution is 6.06. The third-order valence-corrected chi connectivity index (χ3v) is 3.71. The molecule has 0 spiro atoms. The van der Waals surface area contributed by atoms with Crippen LogP contribution in [0.2, 0.25) is 0 Å². The van der Waals surface area contributed by atoms with E-state index < -0.39 is 5.54 Å². The van der Waals surface area contributed by atoms with Crippen LogP contribution >= 0.6 is 0 Å². The van der Waals surface area contributed by atoms with E-state index in [-0.39, 0.29) is 11.9 Å². The molecular formula is C15H23N3O3. The number of urea groups is 1. The monoisotopic (exact) mass is 293 g/mol. The van der Waals surface area contributed by atoms with Gasteiger partial charge in [-0.1, -0.05) is 6.92 Å². The van der Waals surface area contributed by atoms with E-state index in [9.17, 15) is 9.59 Å². The molecule has 1 aliphatic heterocycles. The normalized spacial score (nSPS) is 17.6. The standard InChI is InChI=1S/C15H23N3O3/c1-4-17(11-12-7-5-10-21-12)8-6-9-18-13(19)15(2,3)16-14(18)20/h5,7,10H,4,6,8-9,11H2,1-3H3,(H,16,20). The lowest BCUT2D eigenvalue weighted by atomic mass is 10.1. The van der Waals surface area contributed by atoms with Crippen molar-refractivity contribution in [2.45, 2.75) is 39.3 Å². The lowest BCUT2D eigenvalue weighted by molar-refractivity contribution is -0.130. The number of carbonyl (C=O) groups is 2. The van der Waals surface area contributed by atoms with Gasteiger partial charge >= 0.3 is 6.03 Å². The van der Waals surface area contributed by atoms with Crippen molar-refractivity contribution >= 4 is 11.9 Å². The zero-order chi connectivity index (χ0) is 15.5. The Hall–Kier alpha value is -1.82. The van der Waals surface area contributed by atoms with Crippen molar-refractivity contribution in [3.05, 3.63) is 24.2 Å². The first-order chi connectivity index (χ1) is 9.94. The van der Waals surface area contributed by atoms with Crippen LogP contribution in [0.15, 0.2) is 22.8 Å². The van der Waals surface area contributed by atoms with Crippen molar-refractivity contribution < 1.29 is 14.0 Å². The summed E-state index contributed by atoms with van der Waals surface area (Å²) in [6.45, 7) is 8.43. The molecule has 2 heterocycles. The summed E-state index contributed by atoms with van der Waals surface area (Å²) >= 11 is 0. The number of nitrogens with one attached hydrogen (secondary N) is 1. The van der Waals surface area contributed by atoms with E-state index in [1.165, 1.54) is 4.90 Å². The fourth-order valence-electron chi connectivity index (χ4n) is 2.45. The van der Waals surface area contributed by atoms with Gasteiger partial charge in [-0.25, -0.2) is 4.79 Å². The third-order valence-electron chi connectivity index (χ3n) is 3.71. The van der Waals surface area contributed by atoms with E-state index in [1.54, 1.807) is 20.1 Å². The molecule has 0 atom stereocenters. The highest BCUT2D eigenvalue weighted by Crippen LogP contribution is 2.16. The summed E-state index contributed by atoms with van der Waals surface area (Å²) in [4.78, 5) is 27.4. The summed E-state index contributed by atoms with van der Waals surface area (Å²) in [6, 6.07) is 3.53. The molecular weight excluding hydrogens is 270 g/mol. The quantitative estimate of drug-likeness (QED) is 0.779. The number of hydrogen-bond acceptors (Lipinski definition) is 4.